The average Bonchev–Trinajstić information content (AvgIpc) is 3.12. The van der Waals surface area contributed by atoms with E-state index in [2.05, 4.69) is 16.3 Å². The van der Waals surface area contributed by atoms with Crippen LogP contribution in [0.2, 0.25) is 10.0 Å². The number of ether oxygens (including phenoxy) is 2. The van der Waals surface area contributed by atoms with Gasteiger partial charge in [0.15, 0.2) is 0 Å². The van der Waals surface area contributed by atoms with Crippen molar-refractivity contribution in [3.63, 3.8) is 0 Å². The number of aryl methyl sites for hydroxylation is 2. The molecular formula is C38H39Cl2N5O5. The number of amides is 3. The van der Waals surface area contributed by atoms with Gasteiger partial charge in [-0.2, -0.15) is 0 Å². The second-order valence-electron chi connectivity index (χ2n) is 12.3. The van der Waals surface area contributed by atoms with Crippen molar-refractivity contribution in [2.45, 2.75) is 33.3 Å². The third kappa shape index (κ3) is 7.72. The lowest BCUT2D eigenvalue weighted by atomic mass is 9.99. The van der Waals surface area contributed by atoms with E-state index in [1.54, 1.807) is 37.1 Å². The molecule has 6 rings (SSSR count). The van der Waals surface area contributed by atoms with Gasteiger partial charge in [0.05, 0.1) is 30.5 Å². The van der Waals surface area contributed by atoms with Gasteiger partial charge in [-0.3, -0.25) is 14.4 Å². The van der Waals surface area contributed by atoms with Gasteiger partial charge in [-0.05, 0) is 73.4 Å². The molecule has 2 aliphatic rings. The molecule has 0 radical (unpaired) electrons. The molecule has 3 heterocycles. The summed E-state index contributed by atoms with van der Waals surface area (Å²) in [5.74, 6) is -0.182. The molecule has 2 aliphatic heterocycles. The predicted octanol–water partition coefficient (Wildman–Crippen LogP) is 6.36. The molecule has 0 aliphatic carbocycles. The first kappa shape index (κ1) is 35.2. The zero-order chi connectivity index (χ0) is 35.4. The van der Waals surface area contributed by atoms with Crippen LogP contribution in [0.5, 0.6) is 5.75 Å². The fourth-order valence-electron chi connectivity index (χ4n) is 6.33. The molecule has 0 bridgehead atoms. The molecule has 0 spiro atoms. The molecular weight excluding hydrogens is 677 g/mol. The van der Waals surface area contributed by atoms with Crippen LogP contribution in [0.1, 0.15) is 35.7 Å². The molecule has 1 aromatic heterocycles. The van der Waals surface area contributed by atoms with E-state index in [0.29, 0.717) is 41.8 Å². The molecule has 1 fully saturated rings. The monoisotopic (exact) mass is 715 g/mol. The third-order valence-electron chi connectivity index (χ3n) is 8.98. The van der Waals surface area contributed by atoms with E-state index >= 15 is 0 Å². The summed E-state index contributed by atoms with van der Waals surface area (Å²) in [5, 5.41) is 4.29. The normalized spacial score (nSPS) is 14.5. The van der Waals surface area contributed by atoms with Gasteiger partial charge in [0.25, 0.3) is 0 Å². The van der Waals surface area contributed by atoms with Crippen LogP contribution in [0, 0.1) is 6.92 Å². The van der Waals surface area contributed by atoms with Gasteiger partial charge >= 0.3 is 0 Å². The average molecular weight is 717 g/mol. The number of benzene rings is 3. The Morgan fingerprint density at radius 2 is 1.84 bits per heavy atom. The number of fused-ring (bicyclic) bond motifs is 2. The highest BCUT2D eigenvalue weighted by molar-refractivity contribution is 6.38. The molecule has 4 aromatic rings. The van der Waals surface area contributed by atoms with Gasteiger partial charge in [-0.15, -0.1) is 0 Å². The van der Waals surface area contributed by atoms with Gasteiger partial charge < -0.3 is 29.5 Å². The number of pyridine rings is 1. The number of para-hydroxylation sites is 1. The summed E-state index contributed by atoms with van der Waals surface area (Å²) < 4.78 is 11.8. The van der Waals surface area contributed by atoms with E-state index in [1.807, 2.05) is 43.3 Å². The summed E-state index contributed by atoms with van der Waals surface area (Å²) in [6, 6.07) is 17.0. The maximum absolute atomic E-state index is 13.1. The topological polar surface area (TPSA) is 104 Å². The SMILES string of the molecule is CC(=O)N1CCCc2cc(C=CC(=O)NCC(=O)N(C)c3ccc(Cl)c(COc4cccc5c(N6CCOCC6)cc(C)nc45)c3Cl)ccc21. The van der Waals surface area contributed by atoms with Crippen LogP contribution in [0.25, 0.3) is 17.0 Å². The Balaban J connectivity index is 1.10. The van der Waals surface area contributed by atoms with Crippen molar-refractivity contribution in [2.75, 3.05) is 61.1 Å². The van der Waals surface area contributed by atoms with Gasteiger partial charge in [-0.25, -0.2) is 4.98 Å². The van der Waals surface area contributed by atoms with Crippen LogP contribution in [0.3, 0.4) is 0 Å². The highest BCUT2D eigenvalue weighted by Gasteiger charge is 2.22. The van der Waals surface area contributed by atoms with Crippen LogP contribution in [-0.4, -0.2) is 69.1 Å². The van der Waals surface area contributed by atoms with Gasteiger partial charge in [0.1, 0.15) is 17.9 Å². The van der Waals surface area contributed by atoms with Crippen molar-refractivity contribution in [1.29, 1.82) is 0 Å². The number of nitrogens with zero attached hydrogens (tertiary/aromatic N) is 4. The van der Waals surface area contributed by atoms with Gasteiger partial charge in [0.2, 0.25) is 17.7 Å². The van der Waals surface area contributed by atoms with E-state index in [1.165, 1.54) is 11.0 Å². The first-order valence-corrected chi connectivity index (χ1v) is 17.3. The maximum Gasteiger partial charge on any atom is 0.246 e. The minimum absolute atomic E-state index is 0.0135. The molecule has 1 N–H and O–H groups in total. The molecule has 0 saturated carbocycles. The summed E-state index contributed by atoms with van der Waals surface area (Å²) >= 11 is 13.4. The number of nitrogens with one attached hydrogen (secondary N) is 1. The summed E-state index contributed by atoms with van der Waals surface area (Å²) in [4.78, 5) is 48.0. The molecule has 0 unspecified atom stereocenters. The number of likely N-dealkylation sites (N-methyl/N-ethyl adjacent to an activating group) is 1. The summed E-state index contributed by atoms with van der Waals surface area (Å²) in [6.45, 7) is 6.98. The van der Waals surface area contributed by atoms with Crippen LogP contribution >= 0.6 is 23.2 Å². The van der Waals surface area contributed by atoms with E-state index in [9.17, 15) is 14.4 Å². The van der Waals surface area contributed by atoms with Crippen molar-refractivity contribution < 1.29 is 23.9 Å². The zero-order valence-corrected chi connectivity index (χ0v) is 29.8. The number of carbonyl (C=O) groups is 3. The van der Waals surface area contributed by atoms with E-state index in [0.717, 1.165) is 65.0 Å². The van der Waals surface area contributed by atoms with E-state index in [-0.39, 0.29) is 30.0 Å². The van der Waals surface area contributed by atoms with Crippen molar-refractivity contribution in [2.24, 2.45) is 0 Å². The molecule has 260 valence electrons. The smallest absolute Gasteiger partial charge is 0.246 e. The van der Waals surface area contributed by atoms with Crippen LogP contribution in [0.15, 0.2) is 60.7 Å². The molecule has 1 saturated heterocycles. The summed E-state index contributed by atoms with van der Waals surface area (Å²) in [5.41, 5.74) is 6.46. The van der Waals surface area contributed by atoms with Gasteiger partial charge in [0, 0.05) is 72.7 Å². The Kier molecular flexibility index (Phi) is 10.9. The largest absolute Gasteiger partial charge is 0.487 e. The second kappa shape index (κ2) is 15.5. The number of aromatic nitrogens is 1. The highest BCUT2D eigenvalue weighted by atomic mass is 35.5. The van der Waals surface area contributed by atoms with E-state index < -0.39 is 5.91 Å². The lowest BCUT2D eigenvalue weighted by Crippen LogP contribution is -2.37. The Labute approximate surface area is 301 Å². The van der Waals surface area contributed by atoms with Crippen molar-refractivity contribution in [3.05, 3.63) is 93.1 Å². The van der Waals surface area contributed by atoms with Crippen molar-refractivity contribution >= 4 is 75.0 Å². The van der Waals surface area contributed by atoms with Crippen LogP contribution < -0.4 is 24.8 Å². The molecule has 3 aromatic carbocycles. The zero-order valence-electron chi connectivity index (χ0n) is 28.3. The quantitative estimate of drug-likeness (QED) is 0.201. The maximum atomic E-state index is 13.1. The molecule has 50 heavy (non-hydrogen) atoms. The molecule has 12 heteroatoms. The third-order valence-corrected chi connectivity index (χ3v) is 9.75. The standard InChI is InChI=1S/C38H39Cl2N5O5/c1-24-20-33(44-16-18-49-19-17-44)28-7-4-8-34(38(28)42-24)50-23-29-30(39)11-13-32(37(29)40)43(3)36(48)22-41-35(47)14-10-26-9-12-31-27(21-26)6-5-15-45(31)25(2)46/h4,7-14,20-21H,5-6,15-19,22-23H2,1-3H3,(H,41,47). The Hall–Kier alpha value is -4.64. The first-order valence-electron chi connectivity index (χ1n) is 16.6. The Morgan fingerprint density at radius 3 is 2.62 bits per heavy atom. The number of anilines is 3. The van der Waals surface area contributed by atoms with Crippen LogP contribution in [0.4, 0.5) is 17.1 Å². The fraction of sp³-hybridized carbons (Fsp3) is 0.316. The van der Waals surface area contributed by atoms with Gasteiger partial charge in [-0.1, -0.05) is 41.4 Å². The van der Waals surface area contributed by atoms with Crippen LogP contribution in [-0.2, 0) is 32.1 Å². The first-order chi connectivity index (χ1) is 24.1. The Bertz CT molecular complexity index is 1980. The minimum Gasteiger partial charge on any atom is -0.487 e. The molecule has 10 nitrogen and oxygen atoms in total. The summed E-state index contributed by atoms with van der Waals surface area (Å²) in [6.07, 6.45) is 4.83. The number of rotatable bonds is 9. The van der Waals surface area contributed by atoms with Crippen molar-refractivity contribution in [3.8, 4) is 5.75 Å². The van der Waals surface area contributed by atoms with Crippen molar-refractivity contribution in [1.82, 2.24) is 10.3 Å². The number of hydrogen-bond donors (Lipinski definition) is 1. The minimum atomic E-state index is -0.415. The molecule has 0 atom stereocenters. The molecule has 3 amide bonds. The number of hydrogen-bond acceptors (Lipinski definition) is 7. The number of carbonyl (C=O) groups excluding carboxylic acids is 3. The highest BCUT2D eigenvalue weighted by Crippen LogP contribution is 2.37. The lowest BCUT2D eigenvalue weighted by molar-refractivity contribution is -0.122. The second-order valence-corrected chi connectivity index (χ2v) is 13.1. The number of halogens is 2. The number of morpholine rings is 1. The Morgan fingerprint density at radius 1 is 1.04 bits per heavy atom. The predicted molar refractivity (Wildman–Crippen MR) is 199 cm³/mol. The summed E-state index contributed by atoms with van der Waals surface area (Å²) in [7, 11) is 1.59. The fourth-order valence-corrected chi connectivity index (χ4v) is 6.94. The van der Waals surface area contributed by atoms with E-state index in [4.69, 9.17) is 37.7 Å². The lowest BCUT2D eigenvalue weighted by Gasteiger charge is -2.30.